The van der Waals surface area contributed by atoms with Crippen LogP contribution >= 0.6 is 0 Å². The molecule has 36 heavy (non-hydrogen) atoms. The van der Waals surface area contributed by atoms with E-state index in [4.69, 9.17) is 9.47 Å². The Bertz CT molecular complexity index is 1100. The van der Waals surface area contributed by atoms with Gasteiger partial charge in [0.1, 0.15) is 5.75 Å². The fraction of sp³-hybridized carbons (Fsp3) is 0.379. The summed E-state index contributed by atoms with van der Waals surface area (Å²) in [5.41, 5.74) is 2.13. The quantitative estimate of drug-likeness (QED) is 0.0923. The number of hydrogen-bond donors (Lipinski definition) is 0. The largest absolute Gasteiger partial charge is 0.493 e. The van der Waals surface area contributed by atoms with Crippen LogP contribution in [0.1, 0.15) is 67.7 Å². The molecule has 0 aliphatic heterocycles. The normalized spacial score (nSPS) is 11.6. The van der Waals surface area contributed by atoms with Gasteiger partial charge in [0.2, 0.25) is 0 Å². The summed E-state index contributed by atoms with van der Waals surface area (Å²) in [5.74, 6) is 0.402. The highest BCUT2D eigenvalue weighted by atomic mass is 19.4. The number of ether oxygens (including phenoxy) is 2. The first-order chi connectivity index (χ1) is 17.1. The summed E-state index contributed by atoms with van der Waals surface area (Å²) in [6.45, 7) is 8.09. The number of benzene rings is 2. The minimum Gasteiger partial charge on any atom is -0.493 e. The van der Waals surface area contributed by atoms with Crippen LogP contribution in [0.25, 0.3) is 11.6 Å². The molecule has 0 bridgehead atoms. The molecule has 0 spiro atoms. The number of allylic oxidation sites excluding steroid dienone is 1. The molecular weight excluding hydrogens is 467 g/mol. The molecule has 0 aliphatic carbocycles. The van der Waals surface area contributed by atoms with Crippen molar-refractivity contribution in [1.29, 1.82) is 5.26 Å². The molecule has 0 radical (unpaired) electrons. The minimum atomic E-state index is -4.39. The molecule has 2 aromatic carbocycles. The number of nitrogens with zero attached hydrogens (tertiary/aromatic N) is 1. The van der Waals surface area contributed by atoms with Crippen molar-refractivity contribution < 1.29 is 27.4 Å². The summed E-state index contributed by atoms with van der Waals surface area (Å²) in [5, 5.41) is 9.57. The van der Waals surface area contributed by atoms with Crippen molar-refractivity contribution in [2.24, 2.45) is 0 Å². The highest BCUT2D eigenvalue weighted by molar-refractivity contribution is 5.90. The molecule has 0 atom stereocenters. The molecule has 0 heterocycles. The fourth-order valence-corrected chi connectivity index (χ4v) is 3.48. The highest BCUT2D eigenvalue weighted by Gasteiger charge is 2.29. The standard InChI is InChI=1S/C29H32F3NO3/c1-21(2)28(34)36-17-9-7-5-4-6-8-16-35-27-15-12-24(18-22(27)3)25(20-33)19-23-10-13-26(14-11-23)29(30,31)32/h10-15,18-19H,1,4-9,16-17H2,2-3H3/b25-19+. The van der Waals surface area contributed by atoms with E-state index in [0.29, 0.717) is 35.5 Å². The van der Waals surface area contributed by atoms with Crippen LogP contribution in [0.3, 0.4) is 0 Å². The van der Waals surface area contributed by atoms with E-state index in [1.54, 1.807) is 19.1 Å². The van der Waals surface area contributed by atoms with Gasteiger partial charge in [-0.05, 0) is 79.8 Å². The molecule has 2 aromatic rings. The first-order valence-corrected chi connectivity index (χ1v) is 12.0. The zero-order valence-electron chi connectivity index (χ0n) is 20.8. The number of halogens is 3. The van der Waals surface area contributed by atoms with Crippen molar-refractivity contribution in [2.45, 2.75) is 58.5 Å². The monoisotopic (exact) mass is 499 g/mol. The maximum Gasteiger partial charge on any atom is 0.416 e. The lowest BCUT2D eigenvalue weighted by atomic mass is 10.0. The van der Waals surface area contributed by atoms with Gasteiger partial charge in [0.15, 0.2) is 0 Å². The lowest BCUT2D eigenvalue weighted by Gasteiger charge is -2.11. The topological polar surface area (TPSA) is 59.3 Å². The summed E-state index contributed by atoms with van der Waals surface area (Å²) in [6.07, 6.45) is 3.14. The summed E-state index contributed by atoms with van der Waals surface area (Å²) >= 11 is 0. The number of alkyl halides is 3. The second-order valence-corrected chi connectivity index (χ2v) is 8.66. The molecule has 0 aromatic heterocycles. The Morgan fingerprint density at radius 3 is 2.17 bits per heavy atom. The van der Waals surface area contributed by atoms with Crippen LogP contribution in [-0.2, 0) is 15.7 Å². The van der Waals surface area contributed by atoms with Gasteiger partial charge in [0.05, 0.1) is 30.4 Å². The second-order valence-electron chi connectivity index (χ2n) is 8.66. The summed E-state index contributed by atoms with van der Waals surface area (Å²) in [4.78, 5) is 11.3. The van der Waals surface area contributed by atoms with Gasteiger partial charge in [-0.15, -0.1) is 0 Å². The number of carbonyl (C=O) groups is 1. The Labute approximate surface area is 211 Å². The second kappa shape index (κ2) is 14.1. The number of aryl methyl sites for hydroxylation is 1. The van der Waals surface area contributed by atoms with Gasteiger partial charge in [-0.25, -0.2) is 4.79 Å². The first kappa shape index (κ1) is 28.7. The summed E-state index contributed by atoms with van der Waals surface area (Å²) in [6, 6.07) is 12.3. The molecule has 4 nitrogen and oxygen atoms in total. The number of carbonyl (C=O) groups excluding carboxylic acids is 1. The molecule has 0 fully saturated rings. The van der Waals surface area contributed by atoms with Crippen molar-refractivity contribution in [3.63, 3.8) is 0 Å². The van der Waals surface area contributed by atoms with Crippen LogP contribution in [-0.4, -0.2) is 19.2 Å². The molecule has 0 amide bonds. The molecule has 2 rings (SSSR count). The molecule has 0 saturated heterocycles. The maximum absolute atomic E-state index is 12.7. The predicted molar refractivity (Wildman–Crippen MR) is 135 cm³/mol. The van der Waals surface area contributed by atoms with Crippen molar-refractivity contribution in [2.75, 3.05) is 13.2 Å². The molecule has 0 N–H and O–H groups in total. The molecule has 0 aliphatic rings. The van der Waals surface area contributed by atoms with E-state index in [1.807, 2.05) is 19.1 Å². The summed E-state index contributed by atoms with van der Waals surface area (Å²) in [7, 11) is 0. The molecule has 7 heteroatoms. The average molecular weight is 500 g/mol. The average Bonchev–Trinajstić information content (AvgIpc) is 2.84. The lowest BCUT2D eigenvalue weighted by molar-refractivity contribution is -0.139. The molecule has 0 unspecified atom stereocenters. The van der Waals surface area contributed by atoms with Gasteiger partial charge in [-0.3, -0.25) is 0 Å². The van der Waals surface area contributed by atoms with Crippen LogP contribution in [0.15, 0.2) is 54.6 Å². The Hall–Kier alpha value is -3.53. The van der Waals surface area contributed by atoms with E-state index < -0.39 is 11.7 Å². The van der Waals surface area contributed by atoms with E-state index >= 15 is 0 Å². The van der Waals surface area contributed by atoms with Gasteiger partial charge in [-0.1, -0.05) is 44.4 Å². The third kappa shape index (κ3) is 9.61. The van der Waals surface area contributed by atoms with Crippen molar-refractivity contribution in [3.05, 3.63) is 76.9 Å². The van der Waals surface area contributed by atoms with E-state index in [-0.39, 0.29) is 5.97 Å². The Morgan fingerprint density at radius 2 is 1.61 bits per heavy atom. The number of hydrogen-bond acceptors (Lipinski definition) is 4. The van der Waals surface area contributed by atoms with Crippen LogP contribution in [0, 0.1) is 18.3 Å². The van der Waals surface area contributed by atoms with Crippen molar-refractivity contribution in [3.8, 4) is 11.8 Å². The maximum atomic E-state index is 12.7. The predicted octanol–water partition coefficient (Wildman–Crippen LogP) is 7.92. The minimum absolute atomic E-state index is 0.338. The third-order valence-corrected chi connectivity index (χ3v) is 5.53. The zero-order valence-corrected chi connectivity index (χ0v) is 20.8. The Morgan fingerprint density at radius 1 is 1.00 bits per heavy atom. The van der Waals surface area contributed by atoms with Crippen molar-refractivity contribution in [1.82, 2.24) is 0 Å². The lowest BCUT2D eigenvalue weighted by Crippen LogP contribution is -2.06. The smallest absolute Gasteiger partial charge is 0.416 e. The van der Waals surface area contributed by atoms with E-state index in [1.165, 1.54) is 12.1 Å². The fourth-order valence-electron chi connectivity index (χ4n) is 3.48. The summed E-state index contributed by atoms with van der Waals surface area (Å²) < 4.78 is 49.2. The van der Waals surface area contributed by atoms with Crippen LogP contribution in [0.2, 0.25) is 0 Å². The molecule has 0 saturated carbocycles. The first-order valence-electron chi connectivity index (χ1n) is 12.0. The van der Waals surface area contributed by atoms with Gasteiger partial charge in [0, 0.05) is 5.57 Å². The Kier molecular flexibility index (Phi) is 11.3. The molecule has 192 valence electrons. The van der Waals surface area contributed by atoms with Gasteiger partial charge in [0.25, 0.3) is 0 Å². The van der Waals surface area contributed by atoms with Gasteiger partial charge >= 0.3 is 12.1 Å². The number of rotatable bonds is 13. The Balaban J connectivity index is 1.77. The number of nitriles is 1. The van der Waals surface area contributed by atoms with E-state index in [2.05, 4.69) is 12.6 Å². The molecular formula is C29H32F3NO3. The number of esters is 1. The van der Waals surface area contributed by atoms with Gasteiger partial charge < -0.3 is 9.47 Å². The van der Waals surface area contributed by atoms with Gasteiger partial charge in [-0.2, -0.15) is 18.4 Å². The van der Waals surface area contributed by atoms with E-state index in [9.17, 15) is 23.2 Å². The SMILES string of the molecule is C=C(C)C(=O)OCCCCCCCCOc1ccc(/C(C#N)=C/c2ccc(C(F)(F)F)cc2)cc1C. The zero-order chi connectivity index (χ0) is 26.6. The number of unbranched alkanes of at least 4 members (excludes halogenated alkanes) is 5. The van der Waals surface area contributed by atoms with Crippen LogP contribution in [0.4, 0.5) is 13.2 Å². The van der Waals surface area contributed by atoms with Crippen molar-refractivity contribution >= 4 is 17.6 Å². The highest BCUT2D eigenvalue weighted by Crippen LogP contribution is 2.30. The van der Waals surface area contributed by atoms with Crippen LogP contribution in [0.5, 0.6) is 5.75 Å². The van der Waals surface area contributed by atoms with E-state index in [0.717, 1.165) is 62.0 Å². The van der Waals surface area contributed by atoms with Crippen LogP contribution < -0.4 is 4.74 Å². The third-order valence-electron chi connectivity index (χ3n) is 5.53.